The summed E-state index contributed by atoms with van der Waals surface area (Å²) in [5, 5.41) is 12.5. The second-order valence-corrected chi connectivity index (χ2v) is 8.84. The van der Waals surface area contributed by atoms with Crippen LogP contribution in [0.15, 0.2) is 5.03 Å². The third-order valence-corrected chi connectivity index (χ3v) is 7.00. The van der Waals surface area contributed by atoms with Crippen molar-refractivity contribution < 1.29 is 14.6 Å². The van der Waals surface area contributed by atoms with E-state index in [1.807, 2.05) is 18.3 Å². The van der Waals surface area contributed by atoms with Gasteiger partial charge in [0.2, 0.25) is 0 Å². The molecular formula is C18H24N2O3S2. The number of nitrogens with zero attached hydrogens (tertiary/aromatic N) is 2. The standard InChI is InChI=1S/C18H24N2O3S2/c1-11-19-17(16-14-5-2-6-15(14)25-18(16)20-11)24-10-12(21)8-22-9-13-4-3-7-23-13/h12-13,21H,2-10H2,1H3/t12-,13-/m1/s1. The summed E-state index contributed by atoms with van der Waals surface area (Å²) >= 11 is 3.43. The van der Waals surface area contributed by atoms with Crippen LogP contribution in [0, 0.1) is 6.92 Å². The summed E-state index contributed by atoms with van der Waals surface area (Å²) in [6.07, 6.45) is 5.41. The molecule has 5 nitrogen and oxygen atoms in total. The first kappa shape index (κ1) is 17.7. The molecule has 0 amide bonds. The maximum absolute atomic E-state index is 10.2. The topological polar surface area (TPSA) is 64.5 Å². The van der Waals surface area contributed by atoms with Gasteiger partial charge in [-0.05, 0) is 44.6 Å². The predicted octanol–water partition coefficient (Wildman–Crippen LogP) is 3.14. The van der Waals surface area contributed by atoms with Crippen molar-refractivity contribution in [2.75, 3.05) is 25.6 Å². The minimum atomic E-state index is -0.497. The third kappa shape index (κ3) is 4.01. The molecule has 2 aromatic rings. The van der Waals surface area contributed by atoms with E-state index in [2.05, 4.69) is 9.97 Å². The van der Waals surface area contributed by atoms with Crippen molar-refractivity contribution in [2.45, 2.75) is 56.3 Å². The van der Waals surface area contributed by atoms with Crippen molar-refractivity contribution >= 4 is 33.3 Å². The molecule has 2 atom stereocenters. The zero-order valence-electron chi connectivity index (χ0n) is 14.5. The Morgan fingerprint density at radius 1 is 1.36 bits per heavy atom. The highest BCUT2D eigenvalue weighted by molar-refractivity contribution is 7.99. The molecule has 0 unspecified atom stereocenters. The van der Waals surface area contributed by atoms with Crippen molar-refractivity contribution in [2.24, 2.45) is 0 Å². The Bertz CT molecular complexity index is 743. The number of aliphatic hydroxyl groups excluding tert-OH is 1. The molecule has 4 rings (SSSR count). The van der Waals surface area contributed by atoms with Gasteiger partial charge in [0, 0.05) is 22.6 Å². The number of aromatic nitrogens is 2. The van der Waals surface area contributed by atoms with Crippen molar-refractivity contribution in [1.29, 1.82) is 0 Å². The van der Waals surface area contributed by atoms with Gasteiger partial charge in [0.05, 0.1) is 25.4 Å². The van der Waals surface area contributed by atoms with Gasteiger partial charge in [0.15, 0.2) is 0 Å². The number of aliphatic hydroxyl groups is 1. The number of thioether (sulfide) groups is 1. The Hall–Kier alpha value is -0.730. The Morgan fingerprint density at radius 3 is 3.12 bits per heavy atom. The molecule has 3 heterocycles. The first-order valence-corrected chi connectivity index (χ1v) is 10.8. The van der Waals surface area contributed by atoms with E-state index in [0.717, 1.165) is 41.6 Å². The number of aryl methyl sites for hydroxylation is 3. The Labute approximate surface area is 156 Å². The van der Waals surface area contributed by atoms with Crippen LogP contribution in [0.5, 0.6) is 0 Å². The Balaban J connectivity index is 1.37. The van der Waals surface area contributed by atoms with Crippen LogP contribution in [0.4, 0.5) is 0 Å². The quantitative estimate of drug-likeness (QED) is 0.588. The highest BCUT2D eigenvalue weighted by Gasteiger charge is 2.22. The molecule has 7 heteroatoms. The highest BCUT2D eigenvalue weighted by Crippen LogP contribution is 2.40. The van der Waals surface area contributed by atoms with Gasteiger partial charge in [-0.2, -0.15) is 0 Å². The van der Waals surface area contributed by atoms with Gasteiger partial charge in [-0.25, -0.2) is 9.97 Å². The van der Waals surface area contributed by atoms with Crippen LogP contribution in [0.2, 0.25) is 0 Å². The average molecular weight is 381 g/mol. The fourth-order valence-corrected chi connectivity index (χ4v) is 5.88. The molecule has 0 radical (unpaired) electrons. The van der Waals surface area contributed by atoms with E-state index in [9.17, 15) is 5.11 Å². The summed E-state index contributed by atoms with van der Waals surface area (Å²) in [7, 11) is 0. The first-order valence-electron chi connectivity index (χ1n) is 9.00. The molecule has 0 bridgehead atoms. The van der Waals surface area contributed by atoms with Crippen molar-refractivity contribution in [3.63, 3.8) is 0 Å². The fraction of sp³-hybridized carbons (Fsp3) is 0.667. The average Bonchev–Trinajstić information content (AvgIpc) is 3.29. The van der Waals surface area contributed by atoms with Crippen LogP contribution in [0.3, 0.4) is 0 Å². The maximum Gasteiger partial charge on any atom is 0.128 e. The summed E-state index contributed by atoms with van der Waals surface area (Å²) in [6.45, 7) is 3.70. The van der Waals surface area contributed by atoms with Crippen molar-refractivity contribution in [3.05, 3.63) is 16.3 Å². The molecular weight excluding hydrogens is 356 g/mol. The van der Waals surface area contributed by atoms with Gasteiger partial charge < -0.3 is 14.6 Å². The summed E-state index contributed by atoms with van der Waals surface area (Å²) in [5.74, 6) is 1.39. The van der Waals surface area contributed by atoms with Crippen molar-refractivity contribution in [1.82, 2.24) is 9.97 Å². The SMILES string of the molecule is Cc1nc(SC[C@H](O)COC[C@H]2CCCO2)c2c3c(sc2n1)CCC3. The van der Waals surface area contributed by atoms with E-state index in [0.29, 0.717) is 19.0 Å². The molecule has 1 saturated heterocycles. The summed E-state index contributed by atoms with van der Waals surface area (Å²) in [5.41, 5.74) is 1.44. The fourth-order valence-electron chi connectivity index (χ4n) is 3.50. The normalized spacial score (nSPS) is 21.1. The predicted molar refractivity (Wildman–Crippen MR) is 101 cm³/mol. The molecule has 2 aliphatic rings. The van der Waals surface area contributed by atoms with Gasteiger partial charge in [-0.3, -0.25) is 0 Å². The van der Waals surface area contributed by atoms with Gasteiger partial charge >= 0.3 is 0 Å². The van der Waals surface area contributed by atoms with E-state index in [4.69, 9.17) is 9.47 Å². The lowest BCUT2D eigenvalue weighted by Crippen LogP contribution is -2.22. The summed E-state index contributed by atoms with van der Waals surface area (Å²) in [4.78, 5) is 11.8. The van der Waals surface area contributed by atoms with E-state index < -0.39 is 6.10 Å². The lowest BCUT2D eigenvalue weighted by atomic mass is 10.2. The monoisotopic (exact) mass is 380 g/mol. The number of ether oxygens (including phenoxy) is 2. The van der Waals surface area contributed by atoms with Gasteiger partial charge in [0.25, 0.3) is 0 Å². The van der Waals surface area contributed by atoms with E-state index in [1.165, 1.54) is 28.7 Å². The van der Waals surface area contributed by atoms with Crippen LogP contribution in [-0.4, -0.2) is 52.9 Å². The Morgan fingerprint density at radius 2 is 2.28 bits per heavy atom. The lowest BCUT2D eigenvalue weighted by molar-refractivity contribution is -0.0114. The molecule has 0 spiro atoms. The van der Waals surface area contributed by atoms with Crippen LogP contribution in [0.25, 0.3) is 10.2 Å². The summed E-state index contributed by atoms with van der Waals surface area (Å²) < 4.78 is 11.2. The van der Waals surface area contributed by atoms with Crippen LogP contribution < -0.4 is 0 Å². The second-order valence-electron chi connectivity index (χ2n) is 6.75. The minimum absolute atomic E-state index is 0.206. The zero-order valence-corrected chi connectivity index (χ0v) is 16.1. The molecule has 1 aliphatic heterocycles. The largest absolute Gasteiger partial charge is 0.390 e. The second kappa shape index (κ2) is 7.88. The van der Waals surface area contributed by atoms with Gasteiger partial charge in [-0.15, -0.1) is 23.1 Å². The molecule has 25 heavy (non-hydrogen) atoms. The zero-order chi connectivity index (χ0) is 17.2. The number of hydrogen-bond donors (Lipinski definition) is 1. The van der Waals surface area contributed by atoms with E-state index in [-0.39, 0.29) is 6.10 Å². The third-order valence-electron chi connectivity index (χ3n) is 4.69. The number of fused-ring (bicyclic) bond motifs is 3. The van der Waals surface area contributed by atoms with E-state index in [1.54, 1.807) is 11.8 Å². The molecule has 0 aromatic carbocycles. The number of hydrogen-bond acceptors (Lipinski definition) is 7. The summed E-state index contributed by atoms with van der Waals surface area (Å²) in [6, 6.07) is 0. The van der Waals surface area contributed by atoms with Crippen LogP contribution in [-0.2, 0) is 22.3 Å². The number of thiophene rings is 1. The molecule has 1 N–H and O–H groups in total. The molecule has 1 fully saturated rings. The lowest BCUT2D eigenvalue weighted by Gasteiger charge is -2.14. The van der Waals surface area contributed by atoms with Gasteiger partial charge in [0.1, 0.15) is 15.7 Å². The van der Waals surface area contributed by atoms with Crippen molar-refractivity contribution in [3.8, 4) is 0 Å². The maximum atomic E-state index is 10.2. The highest BCUT2D eigenvalue weighted by atomic mass is 32.2. The Kier molecular flexibility index (Phi) is 5.57. The first-order chi connectivity index (χ1) is 12.2. The number of rotatable bonds is 7. The van der Waals surface area contributed by atoms with E-state index >= 15 is 0 Å². The van der Waals surface area contributed by atoms with Gasteiger partial charge in [-0.1, -0.05) is 0 Å². The molecule has 1 aliphatic carbocycles. The molecule has 136 valence electrons. The minimum Gasteiger partial charge on any atom is -0.390 e. The van der Waals surface area contributed by atoms with Crippen LogP contribution >= 0.6 is 23.1 Å². The molecule has 0 saturated carbocycles. The molecule has 2 aromatic heterocycles. The smallest absolute Gasteiger partial charge is 0.128 e. The van der Waals surface area contributed by atoms with Crippen LogP contribution in [0.1, 0.15) is 35.5 Å².